The first-order valence-electron chi connectivity index (χ1n) is 6.92. The molecule has 1 rings (SSSR count). The summed E-state index contributed by atoms with van der Waals surface area (Å²) in [6, 6.07) is 3.87. The molecule has 0 aliphatic rings. The summed E-state index contributed by atoms with van der Waals surface area (Å²) in [6.07, 6.45) is 0.536. The molecular weight excluding hydrogens is 295 g/mol. The Morgan fingerprint density at radius 1 is 1.38 bits per heavy atom. The summed E-state index contributed by atoms with van der Waals surface area (Å²) in [5.74, 6) is -0.349. The van der Waals surface area contributed by atoms with E-state index in [1.54, 1.807) is 0 Å². The lowest BCUT2D eigenvalue weighted by molar-refractivity contribution is 0.108. The van der Waals surface area contributed by atoms with Crippen LogP contribution < -0.4 is 10.5 Å². The Labute approximate surface area is 125 Å². The molecule has 1 aromatic rings. The lowest BCUT2D eigenvalue weighted by atomic mass is 10.2. The first-order chi connectivity index (χ1) is 9.86. The summed E-state index contributed by atoms with van der Waals surface area (Å²) in [5, 5.41) is 0. The maximum atomic E-state index is 13.8. The molecule has 0 atom stereocenters. The van der Waals surface area contributed by atoms with Gasteiger partial charge in [-0.15, -0.1) is 0 Å². The maximum Gasteiger partial charge on any atom is 0.243 e. The summed E-state index contributed by atoms with van der Waals surface area (Å²) >= 11 is 0. The van der Waals surface area contributed by atoms with Gasteiger partial charge < -0.3 is 10.5 Å². The van der Waals surface area contributed by atoms with Crippen LogP contribution in [0.2, 0.25) is 0 Å². The molecule has 0 radical (unpaired) electrons. The van der Waals surface area contributed by atoms with E-state index in [0.29, 0.717) is 31.1 Å². The predicted octanol–water partition coefficient (Wildman–Crippen LogP) is 1.63. The molecule has 0 aliphatic carbocycles. The number of hydrogen-bond acceptors (Lipinski definition) is 4. The van der Waals surface area contributed by atoms with Crippen LogP contribution in [0, 0.1) is 11.7 Å². The average molecular weight is 318 g/mol. The minimum absolute atomic E-state index is 0.165. The lowest BCUT2D eigenvalue weighted by Crippen LogP contribution is -2.26. The van der Waals surface area contributed by atoms with Gasteiger partial charge in [0.1, 0.15) is 10.7 Å². The summed E-state index contributed by atoms with van der Waals surface area (Å²) in [7, 11) is -3.84. The fourth-order valence-electron chi connectivity index (χ4n) is 1.67. The molecule has 3 N–H and O–H groups in total. The maximum absolute atomic E-state index is 13.8. The monoisotopic (exact) mass is 318 g/mol. The Bertz CT molecular complexity index is 547. The first-order valence-corrected chi connectivity index (χ1v) is 8.41. The highest BCUT2D eigenvalue weighted by atomic mass is 32.2. The Morgan fingerprint density at radius 3 is 2.67 bits per heavy atom. The molecule has 1 aromatic carbocycles. The summed E-state index contributed by atoms with van der Waals surface area (Å²) in [6.45, 7) is 5.56. The van der Waals surface area contributed by atoms with E-state index in [1.807, 2.05) is 13.8 Å². The first kappa shape index (κ1) is 18.0. The highest BCUT2D eigenvalue weighted by molar-refractivity contribution is 7.89. The van der Waals surface area contributed by atoms with Gasteiger partial charge in [0.25, 0.3) is 0 Å². The molecule has 21 heavy (non-hydrogen) atoms. The zero-order valence-corrected chi connectivity index (χ0v) is 13.2. The second kappa shape index (κ2) is 8.43. The zero-order valence-electron chi connectivity index (χ0n) is 12.4. The van der Waals surface area contributed by atoms with E-state index >= 15 is 0 Å². The van der Waals surface area contributed by atoms with Crippen molar-refractivity contribution >= 4 is 10.0 Å². The molecule has 0 saturated heterocycles. The third-order valence-corrected chi connectivity index (χ3v) is 4.22. The van der Waals surface area contributed by atoms with Gasteiger partial charge in [0.2, 0.25) is 10.0 Å². The van der Waals surface area contributed by atoms with Crippen LogP contribution in [-0.2, 0) is 21.3 Å². The van der Waals surface area contributed by atoms with Crippen molar-refractivity contribution in [3.8, 4) is 0 Å². The highest BCUT2D eigenvalue weighted by Gasteiger charge is 2.18. The Hall–Kier alpha value is -1.02. The number of benzene rings is 1. The molecule has 7 heteroatoms. The summed E-state index contributed by atoms with van der Waals surface area (Å²) < 4.78 is 45.4. The van der Waals surface area contributed by atoms with Crippen LogP contribution in [0.5, 0.6) is 0 Å². The van der Waals surface area contributed by atoms with Gasteiger partial charge in [-0.25, -0.2) is 17.5 Å². The molecule has 0 aliphatic heterocycles. The standard InChI is InChI=1S/C14H23FN2O3S/c1-11(2)10-20-7-3-6-17-21(18,19)14-5-4-12(9-16)8-13(14)15/h4-5,8,11,17H,3,6-7,9-10,16H2,1-2H3. The number of nitrogens with two attached hydrogens (primary N) is 1. The fourth-order valence-corrected chi connectivity index (χ4v) is 2.80. The van der Waals surface area contributed by atoms with Crippen molar-refractivity contribution < 1.29 is 17.5 Å². The molecule has 0 amide bonds. The molecule has 0 aromatic heterocycles. The van der Waals surface area contributed by atoms with Gasteiger partial charge in [-0.1, -0.05) is 19.9 Å². The smallest absolute Gasteiger partial charge is 0.243 e. The lowest BCUT2D eigenvalue weighted by Gasteiger charge is -2.09. The van der Waals surface area contributed by atoms with Crippen molar-refractivity contribution in [1.82, 2.24) is 4.72 Å². The summed E-state index contributed by atoms with van der Waals surface area (Å²) in [4.78, 5) is -0.359. The van der Waals surface area contributed by atoms with Crippen LogP contribution in [-0.4, -0.2) is 28.2 Å². The topological polar surface area (TPSA) is 81.4 Å². The van der Waals surface area contributed by atoms with Crippen molar-refractivity contribution in [2.24, 2.45) is 11.7 Å². The quantitative estimate of drug-likeness (QED) is 0.678. The van der Waals surface area contributed by atoms with Crippen molar-refractivity contribution in [2.45, 2.75) is 31.7 Å². The Balaban J connectivity index is 2.50. The van der Waals surface area contributed by atoms with E-state index in [1.165, 1.54) is 12.1 Å². The third kappa shape index (κ3) is 6.09. The molecule has 5 nitrogen and oxygen atoms in total. The van der Waals surface area contributed by atoms with E-state index in [-0.39, 0.29) is 18.0 Å². The van der Waals surface area contributed by atoms with Gasteiger partial charge in [0.05, 0.1) is 0 Å². The number of nitrogens with one attached hydrogen (secondary N) is 1. The fraction of sp³-hybridized carbons (Fsp3) is 0.571. The van der Waals surface area contributed by atoms with E-state index < -0.39 is 15.8 Å². The molecule has 0 bridgehead atoms. The van der Waals surface area contributed by atoms with Crippen LogP contribution in [0.4, 0.5) is 4.39 Å². The van der Waals surface area contributed by atoms with Gasteiger partial charge in [-0.2, -0.15) is 0 Å². The largest absolute Gasteiger partial charge is 0.381 e. The second-order valence-electron chi connectivity index (χ2n) is 5.19. The van der Waals surface area contributed by atoms with E-state index in [2.05, 4.69) is 4.72 Å². The molecule has 0 unspecified atom stereocenters. The third-order valence-electron chi connectivity index (χ3n) is 2.73. The Kier molecular flexibility index (Phi) is 7.24. The molecule has 0 fully saturated rings. The van der Waals surface area contributed by atoms with Crippen LogP contribution >= 0.6 is 0 Å². The number of rotatable bonds is 9. The highest BCUT2D eigenvalue weighted by Crippen LogP contribution is 2.15. The molecule has 0 spiro atoms. The minimum Gasteiger partial charge on any atom is -0.381 e. The number of ether oxygens (including phenoxy) is 1. The molecule has 120 valence electrons. The van der Waals surface area contributed by atoms with E-state index in [4.69, 9.17) is 10.5 Å². The number of hydrogen-bond donors (Lipinski definition) is 2. The van der Waals surface area contributed by atoms with Crippen molar-refractivity contribution in [3.05, 3.63) is 29.6 Å². The van der Waals surface area contributed by atoms with Gasteiger partial charge >= 0.3 is 0 Å². The van der Waals surface area contributed by atoms with Crippen LogP contribution in [0.25, 0.3) is 0 Å². The van der Waals surface area contributed by atoms with Gasteiger partial charge in [0, 0.05) is 26.3 Å². The molecular formula is C14H23FN2O3S. The minimum atomic E-state index is -3.84. The average Bonchev–Trinajstić information content (AvgIpc) is 2.41. The number of halogens is 1. The SMILES string of the molecule is CC(C)COCCCNS(=O)(=O)c1ccc(CN)cc1F. The number of sulfonamides is 1. The Morgan fingerprint density at radius 2 is 2.10 bits per heavy atom. The van der Waals surface area contributed by atoms with E-state index in [0.717, 1.165) is 6.07 Å². The van der Waals surface area contributed by atoms with Crippen LogP contribution in [0.1, 0.15) is 25.8 Å². The normalized spacial score (nSPS) is 12.0. The molecule has 0 heterocycles. The van der Waals surface area contributed by atoms with E-state index in [9.17, 15) is 12.8 Å². The van der Waals surface area contributed by atoms with Crippen LogP contribution in [0.3, 0.4) is 0 Å². The van der Waals surface area contributed by atoms with Gasteiger partial charge in [-0.05, 0) is 30.0 Å². The second-order valence-corrected chi connectivity index (χ2v) is 6.92. The van der Waals surface area contributed by atoms with Crippen molar-refractivity contribution in [3.63, 3.8) is 0 Å². The van der Waals surface area contributed by atoms with Crippen LogP contribution in [0.15, 0.2) is 23.1 Å². The van der Waals surface area contributed by atoms with Gasteiger partial charge in [0.15, 0.2) is 0 Å². The zero-order chi connectivity index (χ0) is 15.9. The predicted molar refractivity (Wildman–Crippen MR) is 79.8 cm³/mol. The summed E-state index contributed by atoms with van der Waals surface area (Å²) in [5.41, 5.74) is 5.93. The van der Waals surface area contributed by atoms with Crippen molar-refractivity contribution in [2.75, 3.05) is 19.8 Å². The van der Waals surface area contributed by atoms with Gasteiger partial charge in [-0.3, -0.25) is 0 Å². The molecule has 0 saturated carbocycles. The van der Waals surface area contributed by atoms with Crippen molar-refractivity contribution in [1.29, 1.82) is 0 Å².